The van der Waals surface area contributed by atoms with E-state index >= 15 is 0 Å². The maximum atomic E-state index is 8.49. The third-order valence-electron chi connectivity index (χ3n) is 11.9. The summed E-state index contributed by atoms with van der Waals surface area (Å²) >= 11 is 0. The van der Waals surface area contributed by atoms with Crippen molar-refractivity contribution in [2.45, 2.75) is 0 Å². The molecular formula is C58H45Cl2N7O8. The molecule has 2 aromatic heterocycles. The van der Waals surface area contributed by atoms with Gasteiger partial charge in [0.1, 0.15) is 16.9 Å². The fourth-order valence-electron chi connectivity index (χ4n) is 8.82. The summed E-state index contributed by atoms with van der Waals surface area (Å²) in [6, 6.07) is 80.9. The summed E-state index contributed by atoms with van der Waals surface area (Å²) in [5.41, 5.74) is 8.82. The molecule has 0 bridgehead atoms. The lowest BCUT2D eigenvalue weighted by atomic mass is 10.0. The van der Waals surface area contributed by atoms with Crippen molar-refractivity contribution in [3.05, 3.63) is 248 Å². The lowest BCUT2D eigenvalue weighted by Gasteiger charge is -2.17. The van der Waals surface area contributed by atoms with E-state index in [4.69, 9.17) is 47.5 Å². The highest BCUT2D eigenvalue weighted by Crippen LogP contribution is 2.37. The minimum absolute atomic E-state index is 0.715. The molecule has 11 aromatic rings. The van der Waals surface area contributed by atoms with Crippen LogP contribution in [0.15, 0.2) is 231 Å². The molecule has 0 atom stereocenters. The van der Waals surface area contributed by atoms with E-state index in [-0.39, 0.29) is 0 Å². The maximum absolute atomic E-state index is 8.49. The normalized spacial score (nSPS) is 11.3. The van der Waals surface area contributed by atoms with Gasteiger partial charge in [0, 0.05) is 30.6 Å². The average molecular weight is 1040 g/mol. The molecule has 9 aromatic carbocycles. The fourth-order valence-corrected chi connectivity index (χ4v) is 8.82. The lowest BCUT2D eigenvalue weighted by molar-refractivity contribution is -2.00. The van der Waals surface area contributed by atoms with Crippen LogP contribution in [0.1, 0.15) is 17.2 Å². The number of fused-ring (bicyclic) bond motifs is 2. The van der Waals surface area contributed by atoms with Crippen LogP contribution < -0.4 is 51.5 Å². The minimum atomic E-state index is -4.94. The quantitative estimate of drug-likeness (QED) is 0.181. The van der Waals surface area contributed by atoms with Gasteiger partial charge in [-0.15, -0.1) is 20.5 Å². The molecule has 17 heteroatoms. The molecule has 0 radical (unpaired) electrons. The Kier molecular flexibility index (Phi) is 15.4. The van der Waals surface area contributed by atoms with Crippen LogP contribution in [0.4, 0.5) is 5.69 Å². The molecule has 15 nitrogen and oxygen atoms in total. The summed E-state index contributed by atoms with van der Waals surface area (Å²) in [6.07, 6.45) is 2.25. The zero-order chi connectivity index (χ0) is 52.7. The molecule has 0 spiro atoms. The number of aromatic nitrogens is 6. The monoisotopic (exact) mass is 1040 g/mol. The van der Waals surface area contributed by atoms with Crippen LogP contribution in [0.2, 0.25) is 0 Å². The zero-order valence-corrected chi connectivity index (χ0v) is 41.7. The van der Waals surface area contributed by atoms with Gasteiger partial charge in [-0.25, -0.2) is 37.3 Å². The van der Waals surface area contributed by atoms with Gasteiger partial charge >= 0.3 is 11.6 Å². The largest absolute Gasteiger partial charge is 0.378 e. The number of rotatable bonds is 10. The first-order chi connectivity index (χ1) is 36.1. The molecule has 75 heavy (non-hydrogen) atoms. The molecule has 0 saturated heterocycles. The summed E-state index contributed by atoms with van der Waals surface area (Å²) in [5.74, 6) is 3.23. The summed E-state index contributed by atoms with van der Waals surface area (Å²) in [7, 11) is -5.75. The SMILES string of the molecule is CN(C)c1ccc(C=C(c2n[n+](-c3ccccc3)c(-c3ccccc3)n2-c2cccc3ccccc23)c2n[n+](-c3ccccc3)c(-c3ccccc3)n2-c2cccc3ccccc23)cc1.[O-][Cl+3]([O-])([O-])[O-].[O-][Cl+3]([O-])([O-])[O-]. The summed E-state index contributed by atoms with van der Waals surface area (Å²) in [4.78, 5) is 2.12. The second-order valence-corrected chi connectivity index (χ2v) is 18.5. The van der Waals surface area contributed by atoms with Crippen LogP contribution in [0.5, 0.6) is 0 Å². The van der Waals surface area contributed by atoms with Crippen molar-refractivity contribution >= 4 is 38.9 Å². The van der Waals surface area contributed by atoms with Gasteiger partial charge in [-0.2, -0.15) is 9.13 Å². The third kappa shape index (κ3) is 12.2. The van der Waals surface area contributed by atoms with Gasteiger partial charge in [-0.05, 0) is 105 Å². The predicted molar refractivity (Wildman–Crippen MR) is 264 cm³/mol. The minimum Gasteiger partial charge on any atom is -0.378 e. The molecule has 0 amide bonds. The van der Waals surface area contributed by atoms with E-state index in [0.29, 0.717) is 11.6 Å². The number of para-hydroxylation sites is 2. The van der Waals surface area contributed by atoms with E-state index in [0.717, 1.165) is 83.9 Å². The maximum Gasteiger partial charge on any atom is 0.321 e. The number of hydrogen-bond donors (Lipinski definition) is 0. The summed E-state index contributed by atoms with van der Waals surface area (Å²) < 4.78 is 76.8. The van der Waals surface area contributed by atoms with Crippen LogP contribution in [-0.2, 0) is 0 Å². The van der Waals surface area contributed by atoms with E-state index in [9.17, 15) is 0 Å². The second kappa shape index (κ2) is 22.4. The molecule has 0 N–H and O–H groups in total. The topological polar surface area (TPSA) is 231 Å². The van der Waals surface area contributed by atoms with Crippen LogP contribution in [0, 0.1) is 20.5 Å². The third-order valence-corrected chi connectivity index (χ3v) is 11.9. The van der Waals surface area contributed by atoms with Crippen LogP contribution in [0.25, 0.3) is 78.7 Å². The van der Waals surface area contributed by atoms with Gasteiger partial charge in [0.2, 0.25) is 0 Å². The Hall–Kier alpha value is -8.42. The molecule has 0 saturated carbocycles. The van der Waals surface area contributed by atoms with Crippen LogP contribution >= 0.6 is 0 Å². The first-order valence-electron chi connectivity index (χ1n) is 23.1. The van der Waals surface area contributed by atoms with Crippen molar-refractivity contribution in [3.8, 4) is 45.5 Å². The van der Waals surface area contributed by atoms with E-state index < -0.39 is 20.5 Å². The Morgan fingerprint density at radius 1 is 0.413 bits per heavy atom. The first-order valence-corrected chi connectivity index (χ1v) is 25.6. The number of nitrogens with zero attached hydrogens (tertiary/aromatic N) is 7. The molecular weight excluding hydrogens is 994 g/mol. The number of halogens is 2. The lowest BCUT2D eigenvalue weighted by Crippen LogP contribution is -2.68. The fraction of sp³-hybridized carbons (Fsp3) is 0.0345. The zero-order valence-electron chi connectivity index (χ0n) is 40.2. The number of anilines is 1. The van der Waals surface area contributed by atoms with E-state index in [2.05, 4.69) is 262 Å². The van der Waals surface area contributed by atoms with Crippen LogP contribution in [-0.4, -0.2) is 33.4 Å². The second-order valence-electron chi connectivity index (χ2n) is 17.0. The Labute approximate surface area is 435 Å². The molecule has 11 rings (SSSR count). The van der Waals surface area contributed by atoms with Crippen molar-refractivity contribution in [2.75, 3.05) is 19.0 Å². The van der Waals surface area contributed by atoms with Gasteiger partial charge in [-0.3, -0.25) is 0 Å². The van der Waals surface area contributed by atoms with Crippen molar-refractivity contribution in [3.63, 3.8) is 0 Å². The Bertz CT molecular complexity index is 3500. The van der Waals surface area contributed by atoms with Gasteiger partial charge in [0.15, 0.2) is 11.4 Å². The van der Waals surface area contributed by atoms with Crippen molar-refractivity contribution in [1.29, 1.82) is 0 Å². The van der Waals surface area contributed by atoms with Gasteiger partial charge in [0.05, 0.1) is 11.1 Å². The Morgan fingerprint density at radius 3 is 1.12 bits per heavy atom. The smallest absolute Gasteiger partial charge is 0.321 e. The highest BCUT2D eigenvalue weighted by atomic mass is 35.7. The molecule has 0 fully saturated rings. The van der Waals surface area contributed by atoms with E-state index in [1.165, 1.54) is 0 Å². The van der Waals surface area contributed by atoms with Gasteiger partial charge in [-0.1, -0.05) is 167 Å². The molecule has 2 heterocycles. The standard InChI is InChI=1S/C58H45N7.2ClHO4/c1-61(2)47-39-37-42(38-40-47)41-52(55-59-64(48-29-11-5-12-30-48)57(45-23-7-3-8-24-45)62(55)53-35-19-27-43-21-15-17-33-50(43)53)56-60-65(49-31-13-6-14-32-49)58(46-25-9-4-10-26-46)63(56)54-36-20-28-44-22-16-18-34-51(44)54;2*2-1(3,4)5/h3-41H,1-2H3;2*(H,2,3,4,5)/q+2;;/p-2. The van der Waals surface area contributed by atoms with Crippen LogP contribution in [0.3, 0.4) is 0 Å². The van der Waals surface area contributed by atoms with Gasteiger partial charge in [0.25, 0.3) is 11.6 Å². The van der Waals surface area contributed by atoms with Crippen molar-refractivity contribution < 1.29 is 67.1 Å². The average Bonchev–Trinajstić information content (AvgIpc) is 4.08. The van der Waals surface area contributed by atoms with E-state index in [1.54, 1.807) is 0 Å². The Morgan fingerprint density at radius 2 is 0.747 bits per heavy atom. The predicted octanol–water partition coefficient (Wildman–Crippen LogP) is 2.39. The van der Waals surface area contributed by atoms with Crippen molar-refractivity contribution in [1.82, 2.24) is 19.3 Å². The molecule has 0 aliphatic carbocycles. The number of hydrogen-bond acceptors (Lipinski definition) is 11. The molecule has 374 valence electrons. The highest BCUT2D eigenvalue weighted by molar-refractivity contribution is 5.95. The molecule has 0 unspecified atom stereocenters. The van der Waals surface area contributed by atoms with Crippen molar-refractivity contribution in [2.24, 2.45) is 0 Å². The summed E-state index contributed by atoms with van der Waals surface area (Å²) in [6.45, 7) is 0. The number of benzene rings is 9. The summed E-state index contributed by atoms with van der Waals surface area (Å²) in [5, 5.41) is 16.0. The molecule has 0 aliphatic heterocycles. The highest BCUT2D eigenvalue weighted by Gasteiger charge is 2.40. The first kappa shape index (κ1) is 51.5. The molecule has 0 aliphatic rings. The van der Waals surface area contributed by atoms with E-state index in [1.807, 2.05) is 12.1 Å². The van der Waals surface area contributed by atoms with Gasteiger partial charge < -0.3 is 4.90 Å². The Balaban J connectivity index is 0.000000632.